The maximum atomic E-state index is 5.85. The van der Waals surface area contributed by atoms with Crippen LogP contribution in [0.15, 0.2) is 0 Å². The van der Waals surface area contributed by atoms with Crippen LogP contribution in [0.2, 0.25) is 0 Å². The number of nitrogens with two attached hydrogens (primary N) is 2. The molecule has 0 radical (unpaired) electrons. The lowest BCUT2D eigenvalue weighted by molar-refractivity contribution is 0.108. The average Bonchev–Trinajstić information content (AvgIpc) is 3.07. The highest BCUT2D eigenvalue weighted by atomic mass is 16.5. The molecule has 0 bridgehead atoms. The van der Waals surface area contributed by atoms with Crippen molar-refractivity contribution in [2.45, 2.75) is 25.7 Å². The monoisotopic (exact) mass is 238 g/mol. The summed E-state index contributed by atoms with van der Waals surface area (Å²) >= 11 is 0. The second-order valence-electron chi connectivity index (χ2n) is 4.01. The van der Waals surface area contributed by atoms with Crippen molar-refractivity contribution in [3.63, 3.8) is 0 Å². The highest BCUT2D eigenvalue weighted by Gasteiger charge is 2.31. The molecule has 1 fully saturated rings. The van der Waals surface area contributed by atoms with Crippen molar-refractivity contribution in [1.82, 2.24) is 9.97 Å². The van der Waals surface area contributed by atoms with Gasteiger partial charge in [-0.15, -0.1) is 0 Å². The maximum Gasteiger partial charge on any atom is 0.225 e. The predicted octanol–water partition coefficient (Wildman–Crippen LogP) is 0.934. The van der Waals surface area contributed by atoms with E-state index in [2.05, 4.69) is 9.97 Å². The zero-order valence-corrected chi connectivity index (χ0v) is 9.98. The van der Waals surface area contributed by atoms with Crippen LogP contribution in [0, 0.1) is 0 Å². The molecule has 17 heavy (non-hydrogen) atoms. The number of ether oxygens (including phenoxy) is 2. The van der Waals surface area contributed by atoms with Crippen LogP contribution >= 0.6 is 0 Å². The number of hydrogen-bond acceptors (Lipinski definition) is 6. The minimum Gasteiger partial charge on any atom is -0.475 e. The molecule has 6 nitrogen and oxygen atoms in total. The van der Waals surface area contributed by atoms with E-state index < -0.39 is 0 Å². The molecule has 0 spiro atoms. The average molecular weight is 238 g/mol. The third kappa shape index (κ3) is 2.97. The highest BCUT2D eigenvalue weighted by Crippen LogP contribution is 2.46. The number of nitrogens with zero attached hydrogens (tertiary/aromatic N) is 2. The zero-order valence-electron chi connectivity index (χ0n) is 9.98. The van der Waals surface area contributed by atoms with E-state index in [0.717, 1.165) is 18.4 Å². The Morgan fingerprint density at radius 1 is 1.24 bits per heavy atom. The first-order valence-corrected chi connectivity index (χ1v) is 5.85. The maximum absolute atomic E-state index is 5.85. The number of aromatic nitrogens is 2. The topological polar surface area (TPSA) is 96.3 Å². The molecule has 0 aromatic carbocycles. The van der Waals surface area contributed by atoms with Crippen LogP contribution in [0.25, 0.3) is 0 Å². The molecule has 4 N–H and O–H groups in total. The van der Waals surface area contributed by atoms with E-state index in [4.69, 9.17) is 20.9 Å². The molecule has 1 saturated carbocycles. The third-order valence-corrected chi connectivity index (χ3v) is 2.61. The summed E-state index contributed by atoms with van der Waals surface area (Å²) in [5, 5.41) is 0. The first-order valence-electron chi connectivity index (χ1n) is 5.85. The van der Waals surface area contributed by atoms with Crippen LogP contribution in [0.3, 0.4) is 0 Å². The predicted molar refractivity (Wildman–Crippen MR) is 64.8 cm³/mol. The molecule has 0 atom stereocenters. The zero-order chi connectivity index (χ0) is 12.3. The molecule has 1 aliphatic carbocycles. The van der Waals surface area contributed by atoms with Crippen molar-refractivity contribution >= 4 is 11.8 Å². The normalized spacial score (nSPS) is 14.9. The smallest absolute Gasteiger partial charge is 0.225 e. The summed E-state index contributed by atoms with van der Waals surface area (Å²) in [5.41, 5.74) is 12.3. The summed E-state index contributed by atoms with van der Waals surface area (Å²) in [6.45, 7) is 3.59. The van der Waals surface area contributed by atoms with Crippen LogP contribution in [0.4, 0.5) is 11.8 Å². The number of nitrogen functional groups attached to an aromatic ring is 2. The fourth-order valence-corrected chi connectivity index (χ4v) is 1.69. The molecule has 0 unspecified atom stereocenters. The minimum absolute atomic E-state index is 0.151. The first kappa shape index (κ1) is 11.9. The Hall–Kier alpha value is -1.56. The molecule has 94 valence electrons. The van der Waals surface area contributed by atoms with Crippen molar-refractivity contribution in [3.05, 3.63) is 5.56 Å². The summed E-state index contributed by atoms with van der Waals surface area (Å²) in [7, 11) is 0. The molecule has 1 aromatic rings. The standard InChI is InChI=1S/C11H18N4O2/c1-2-16-5-6-17-10-8(7-3-4-7)9(12)14-11(13)15-10/h7H,2-6H2,1H3,(H4,12,13,14,15). The van der Waals surface area contributed by atoms with Gasteiger partial charge >= 0.3 is 0 Å². The van der Waals surface area contributed by atoms with Gasteiger partial charge in [0, 0.05) is 6.61 Å². The van der Waals surface area contributed by atoms with E-state index in [1.807, 2.05) is 6.92 Å². The van der Waals surface area contributed by atoms with Gasteiger partial charge in [0.2, 0.25) is 11.8 Å². The molecule has 6 heteroatoms. The van der Waals surface area contributed by atoms with Crippen LogP contribution in [-0.4, -0.2) is 29.8 Å². The Morgan fingerprint density at radius 3 is 2.65 bits per heavy atom. The summed E-state index contributed by atoms with van der Waals surface area (Å²) < 4.78 is 10.8. The summed E-state index contributed by atoms with van der Waals surface area (Å²) in [6, 6.07) is 0. The van der Waals surface area contributed by atoms with Gasteiger partial charge < -0.3 is 20.9 Å². The molecule has 1 heterocycles. The molecule has 0 aliphatic heterocycles. The largest absolute Gasteiger partial charge is 0.475 e. The van der Waals surface area contributed by atoms with Crippen molar-refractivity contribution < 1.29 is 9.47 Å². The fourth-order valence-electron chi connectivity index (χ4n) is 1.69. The Kier molecular flexibility index (Phi) is 3.63. The Labute approximate surface area is 100 Å². The molecule has 1 aliphatic rings. The Bertz CT molecular complexity index is 393. The van der Waals surface area contributed by atoms with E-state index >= 15 is 0 Å². The van der Waals surface area contributed by atoms with Crippen molar-refractivity contribution in [2.75, 3.05) is 31.3 Å². The third-order valence-electron chi connectivity index (χ3n) is 2.61. The highest BCUT2D eigenvalue weighted by molar-refractivity contribution is 5.52. The number of rotatable bonds is 6. The summed E-state index contributed by atoms with van der Waals surface area (Å²) in [5.74, 6) is 1.53. The minimum atomic E-state index is 0.151. The summed E-state index contributed by atoms with van der Waals surface area (Å²) in [6.07, 6.45) is 2.22. The van der Waals surface area contributed by atoms with E-state index in [1.54, 1.807) is 0 Å². The van der Waals surface area contributed by atoms with Crippen molar-refractivity contribution in [3.8, 4) is 5.88 Å². The van der Waals surface area contributed by atoms with Gasteiger partial charge in [-0.1, -0.05) is 0 Å². The van der Waals surface area contributed by atoms with Gasteiger partial charge in [-0.05, 0) is 25.7 Å². The quantitative estimate of drug-likeness (QED) is 0.716. The van der Waals surface area contributed by atoms with E-state index in [0.29, 0.717) is 37.4 Å². The lowest BCUT2D eigenvalue weighted by Crippen LogP contribution is -2.12. The van der Waals surface area contributed by atoms with Gasteiger partial charge in [-0.2, -0.15) is 9.97 Å². The van der Waals surface area contributed by atoms with Gasteiger partial charge in [-0.25, -0.2) is 0 Å². The van der Waals surface area contributed by atoms with Gasteiger partial charge in [0.1, 0.15) is 12.4 Å². The van der Waals surface area contributed by atoms with Crippen molar-refractivity contribution in [2.24, 2.45) is 0 Å². The molecule has 0 saturated heterocycles. The number of anilines is 2. The second-order valence-corrected chi connectivity index (χ2v) is 4.01. The van der Waals surface area contributed by atoms with Crippen LogP contribution in [-0.2, 0) is 4.74 Å². The van der Waals surface area contributed by atoms with Gasteiger partial charge in [0.05, 0.1) is 12.2 Å². The van der Waals surface area contributed by atoms with Crippen LogP contribution in [0.5, 0.6) is 5.88 Å². The number of hydrogen-bond donors (Lipinski definition) is 2. The Balaban J connectivity index is 2.08. The van der Waals surface area contributed by atoms with Crippen LogP contribution < -0.4 is 16.2 Å². The van der Waals surface area contributed by atoms with Gasteiger partial charge in [-0.3, -0.25) is 0 Å². The van der Waals surface area contributed by atoms with E-state index in [9.17, 15) is 0 Å². The lowest BCUT2D eigenvalue weighted by atomic mass is 10.2. The van der Waals surface area contributed by atoms with Crippen molar-refractivity contribution in [1.29, 1.82) is 0 Å². The fraction of sp³-hybridized carbons (Fsp3) is 0.636. The molecule has 1 aromatic heterocycles. The molecule has 2 rings (SSSR count). The van der Waals surface area contributed by atoms with Gasteiger partial charge in [0.15, 0.2) is 0 Å². The lowest BCUT2D eigenvalue weighted by Gasteiger charge is -2.12. The second kappa shape index (κ2) is 5.18. The van der Waals surface area contributed by atoms with Crippen LogP contribution in [0.1, 0.15) is 31.2 Å². The van der Waals surface area contributed by atoms with E-state index in [1.165, 1.54) is 0 Å². The first-order chi connectivity index (χ1) is 8.22. The SMILES string of the molecule is CCOCCOc1nc(N)nc(N)c1C1CC1. The van der Waals surface area contributed by atoms with E-state index in [-0.39, 0.29) is 5.95 Å². The molecule has 0 amide bonds. The van der Waals surface area contributed by atoms with Gasteiger partial charge in [0.25, 0.3) is 0 Å². The summed E-state index contributed by atoms with van der Waals surface area (Å²) in [4.78, 5) is 8.07. The molecular formula is C11H18N4O2. The molecular weight excluding hydrogens is 220 g/mol. The Morgan fingerprint density at radius 2 is 2.00 bits per heavy atom.